The maximum Gasteiger partial charge on any atom is 0.224 e. The summed E-state index contributed by atoms with van der Waals surface area (Å²) in [5.74, 6) is 0.686. The van der Waals surface area contributed by atoms with Crippen molar-refractivity contribution in [2.45, 2.75) is 72.1 Å². The van der Waals surface area contributed by atoms with Gasteiger partial charge in [0.2, 0.25) is 5.52 Å². The third-order valence-corrected chi connectivity index (χ3v) is 8.73. The molecular weight excluding hydrogens is 436 g/mol. The van der Waals surface area contributed by atoms with Crippen molar-refractivity contribution in [3.05, 3.63) is 71.4 Å². The average molecular weight is 474 g/mol. The summed E-state index contributed by atoms with van der Waals surface area (Å²) in [6.45, 7) is 9.28. The quantitative estimate of drug-likeness (QED) is 0.135. The number of fused-ring (bicyclic) bond motifs is 5. The van der Waals surface area contributed by atoms with E-state index in [9.17, 15) is 0 Å². The van der Waals surface area contributed by atoms with Crippen LogP contribution in [0.15, 0.2) is 54.7 Å². The number of benzene rings is 3. The van der Waals surface area contributed by atoms with Crippen molar-refractivity contribution in [2.75, 3.05) is 0 Å². The molecule has 1 aliphatic rings. The molecule has 7 rings (SSSR count). The first-order valence-corrected chi connectivity index (χ1v) is 13.8. The highest BCUT2D eigenvalue weighted by Gasteiger charge is 2.26. The van der Waals surface area contributed by atoms with E-state index < -0.39 is 0 Å². The second kappa shape index (κ2) is 7.68. The van der Waals surface area contributed by atoms with E-state index in [-0.39, 0.29) is 5.41 Å². The molecule has 3 aromatic carbocycles. The summed E-state index contributed by atoms with van der Waals surface area (Å²) >= 11 is 0. The molecule has 36 heavy (non-hydrogen) atoms. The van der Waals surface area contributed by atoms with Crippen LogP contribution >= 0.6 is 0 Å². The van der Waals surface area contributed by atoms with Crippen LogP contribution in [-0.4, -0.2) is 4.40 Å². The molecule has 0 saturated heterocycles. The third-order valence-electron chi connectivity index (χ3n) is 8.73. The second-order valence-corrected chi connectivity index (χ2v) is 12.7. The van der Waals surface area contributed by atoms with Gasteiger partial charge in [0.15, 0.2) is 6.20 Å². The van der Waals surface area contributed by atoms with Gasteiger partial charge in [-0.2, -0.15) is 0 Å². The molecule has 0 atom stereocenters. The zero-order chi connectivity index (χ0) is 24.8. The van der Waals surface area contributed by atoms with Crippen LogP contribution in [0, 0.1) is 12.3 Å². The predicted octanol–water partition coefficient (Wildman–Crippen LogP) is 8.76. The fourth-order valence-electron chi connectivity index (χ4n) is 7.18. The molecule has 182 valence electrons. The highest BCUT2D eigenvalue weighted by molar-refractivity contribution is 6.25. The van der Waals surface area contributed by atoms with Crippen molar-refractivity contribution in [3.63, 3.8) is 0 Å². The lowest BCUT2D eigenvalue weighted by molar-refractivity contribution is -0.643. The van der Waals surface area contributed by atoms with Gasteiger partial charge in [0.1, 0.15) is 7.05 Å². The summed E-state index contributed by atoms with van der Waals surface area (Å²) in [6, 6.07) is 19.3. The molecule has 0 aliphatic heterocycles. The molecule has 3 aromatic heterocycles. The van der Waals surface area contributed by atoms with E-state index >= 15 is 0 Å². The molecule has 2 nitrogen and oxygen atoms in total. The van der Waals surface area contributed by atoms with Crippen LogP contribution in [-0.2, 0) is 13.5 Å². The predicted molar refractivity (Wildman–Crippen MR) is 154 cm³/mol. The van der Waals surface area contributed by atoms with Crippen molar-refractivity contribution < 1.29 is 4.57 Å². The topological polar surface area (TPSA) is 8.29 Å². The summed E-state index contributed by atoms with van der Waals surface area (Å²) < 4.78 is 4.95. The number of hydrogen-bond donors (Lipinski definition) is 0. The first kappa shape index (κ1) is 22.1. The summed E-state index contributed by atoms with van der Waals surface area (Å²) in [4.78, 5) is 0. The van der Waals surface area contributed by atoms with Gasteiger partial charge < -0.3 is 4.40 Å². The van der Waals surface area contributed by atoms with Crippen LogP contribution in [0.5, 0.6) is 0 Å². The number of aromatic nitrogens is 2. The molecule has 0 radical (unpaired) electrons. The van der Waals surface area contributed by atoms with E-state index in [1.807, 2.05) is 0 Å². The lowest BCUT2D eigenvalue weighted by Crippen LogP contribution is -2.29. The number of aryl methyl sites for hydroxylation is 2. The van der Waals surface area contributed by atoms with Crippen molar-refractivity contribution in [1.29, 1.82) is 0 Å². The summed E-state index contributed by atoms with van der Waals surface area (Å²) in [7, 11) is 2.21. The van der Waals surface area contributed by atoms with Crippen LogP contribution in [0.3, 0.4) is 0 Å². The number of rotatable bonds is 2. The van der Waals surface area contributed by atoms with Crippen LogP contribution in [0.2, 0.25) is 0 Å². The lowest BCUT2D eigenvalue weighted by Gasteiger charge is -2.23. The Morgan fingerprint density at radius 1 is 0.861 bits per heavy atom. The Bertz CT molecular complexity index is 1790. The van der Waals surface area contributed by atoms with Gasteiger partial charge in [0, 0.05) is 16.8 Å². The van der Waals surface area contributed by atoms with Crippen LogP contribution in [0.25, 0.3) is 49.0 Å². The monoisotopic (exact) mass is 473 g/mol. The van der Waals surface area contributed by atoms with Gasteiger partial charge in [0.25, 0.3) is 0 Å². The summed E-state index contributed by atoms with van der Waals surface area (Å²) in [6.07, 6.45) is 10.1. The van der Waals surface area contributed by atoms with Gasteiger partial charge in [-0.15, -0.1) is 0 Å². The highest BCUT2D eigenvalue weighted by atomic mass is 15.0. The minimum Gasteiger partial charge on any atom is -0.307 e. The van der Waals surface area contributed by atoms with Gasteiger partial charge in [0.05, 0.1) is 27.3 Å². The standard InChI is InChI=1S/C34H37N2/c1-21-11-13-26-27-17-22(20-34(2,3)4)12-14-28(27)36-29-19-25(23-9-7-6-8-10-23)18-24-15-16-35(5)33(31(24)29)30(21)32(26)36/h11-19,23H,6-10,20H2,1-5H3/q+1. The second-order valence-electron chi connectivity index (χ2n) is 12.7. The Hall–Kier alpha value is -3.13. The molecule has 0 unspecified atom stereocenters. The van der Waals surface area contributed by atoms with Gasteiger partial charge in [-0.25, -0.2) is 4.57 Å². The molecule has 2 heteroatoms. The van der Waals surface area contributed by atoms with E-state index in [1.165, 1.54) is 97.8 Å². The molecule has 1 aliphatic carbocycles. The Kier molecular flexibility index (Phi) is 4.72. The molecule has 6 aromatic rings. The van der Waals surface area contributed by atoms with Gasteiger partial charge in [-0.05, 0) is 77.8 Å². The minimum absolute atomic E-state index is 0.270. The molecule has 0 bridgehead atoms. The van der Waals surface area contributed by atoms with E-state index in [0.29, 0.717) is 5.92 Å². The van der Waals surface area contributed by atoms with Gasteiger partial charge in [-0.3, -0.25) is 0 Å². The zero-order valence-corrected chi connectivity index (χ0v) is 22.4. The summed E-state index contributed by atoms with van der Waals surface area (Å²) in [5.41, 5.74) is 10.1. The van der Waals surface area contributed by atoms with Crippen LogP contribution < -0.4 is 4.57 Å². The van der Waals surface area contributed by atoms with Crippen LogP contribution in [0.4, 0.5) is 0 Å². The van der Waals surface area contributed by atoms with E-state index in [0.717, 1.165) is 6.42 Å². The molecule has 0 N–H and O–H groups in total. The molecule has 0 amide bonds. The van der Waals surface area contributed by atoms with Crippen molar-refractivity contribution >= 4 is 49.0 Å². The summed E-state index contributed by atoms with van der Waals surface area (Å²) in [5, 5.41) is 6.95. The van der Waals surface area contributed by atoms with E-state index in [4.69, 9.17) is 0 Å². The van der Waals surface area contributed by atoms with Crippen molar-refractivity contribution in [3.8, 4) is 0 Å². The molecular formula is C34H37N2+. The van der Waals surface area contributed by atoms with E-state index in [2.05, 4.69) is 98.4 Å². The van der Waals surface area contributed by atoms with Gasteiger partial charge in [-0.1, -0.05) is 64.3 Å². The molecule has 3 heterocycles. The average Bonchev–Trinajstić information content (AvgIpc) is 3.18. The maximum atomic E-state index is 2.61. The molecule has 0 spiro atoms. The molecule has 1 saturated carbocycles. The smallest absolute Gasteiger partial charge is 0.224 e. The number of nitrogens with zero attached hydrogens (tertiary/aromatic N) is 2. The van der Waals surface area contributed by atoms with Crippen molar-refractivity contribution in [2.24, 2.45) is 12.5 Å². The van der Waals surface area contributed by atoms with Gasteiger partial charge >= 0.3 is 0 Å². The largest absolute Gasteiger partial charge is 0.307 e. The third kappa shape index (κ3) is 3.19. The van der Waals surface area contributed by atoms with E-state index in [1.54, 1.807) is 0 Å². The molecule has 1 fully saturated rings. The first-order valence-electron chi connectivity index (χ1n) is 13.8. The highest BCUT2D eigenvalue weighted by Crippen LogP contribution is 2.43. The number of hydrogen-bond acceptors (Lipinski definition) is 0. The lowest BCUT2D eigenvalue weighted by atomic mass is 9.83. The van der Waals surface area contributed by atoms with Crippen molar-refractivity contribution in [1.82, 2.24) is 4.40 Å². The fraction of sp³-hybridized carbons (Fsp3) is 0.382. The SMILES string of the molecule is Cc1ccc2c3cc(CC(C)(C)C)ccc3n3c4cc(C5CCCCC5)cc5cc[n+](C)c(c1c23)c54. The Balaban J connectivity index is 1.67. The Morgan fingerprint density at radius 2 is 1.67 bits per heavy atom. The Morgan fingerprint density at radius 3 is 2.44 bits per heavy atom. The first-order chi connectivity index (χ1) is 17.3. The van der Waals surface area contributed by atoms with Crippen LogP contribution in [0.1, 0.15) is 75.5 Å². The maximum absolute atomic E-state index is 2.61. The number of pyridine rings is 2. The Labute approximate surface area is 213 Å². The fourth-order valence-corrected chi connectivity index (χ4v) is 7.18. The minimum atomic E-state index is 0.270. The normalized spacial score (nSPS) is 15.9. The zero-order valence-electron chi connectivity index (χ0n) is 22.4.